The number of anilines is 1. The number of hydrogen-bond donors (Lipinski definition) is 1. The van der Waals surface area contributed by atoms with E-state index in [-0.39, 0.29) is 11.7 Å². The maximum Gasteiger partial charge on any atom is 0.167 e. The van der Waals surface area contributed by atoms with Crippen LogP contribution in [0.4, 0.5) is 5.69 Å². The van der Waals surface area contributed by atoms with Gasteiger partial charge in [-0.15, -0.1) is 0 Å². The number of ketones is 1. The Morgan fingerprint density at radius 1 is 1.38 bits per heavy atom. The SMILES string of the molecule is CC(C)C(=O)c1ccc(Cl)cc1NCCN1CCSCC1. The zero-order valence-electron chi connectivity index (χ0n) is 12.7. The normalized spacial score (nSPS) is 16.2. The van der Waals surface area contributed by atoms with Gasteiger partial charge >= 0.3 is 0 Å². The zero-order chi connectivity index (χ0) is 15.2. The molecule has 0 radical (unpaired) electrons. The van der Waals surface area contributed by atoms with Gasteiger partial charge < -0.3 is 5.32 Å². The van der Waals surface area contributed by atoms with E-state index in [0.717, 1.165) is 37.4 Å². The van der Waals surface area contributed by atoms with Gasteiger partial charge in [0.25, 0.3) is 0 Å². The van der Waals surface area contributed by atoms with Crippen molar-refractivity contribution < 1.29 is 4.79 Å². The van der Waals surface area contributed by atoms with Crippen LogP contribution in [0.3, 0.4) is 0 Å². The largest absolute Gasteiger partial charge is 0.383 e. The van der Waals surface area contributed by atoms with Crippen LogP contribution in [0.5, 0.6) is 0 Å². The molecular weight excluding hydrogens is 304 g/mol. The first-order chi connectivity index (χ1) is 10.1. The molecule has 0 spiro atoms. The van der Waals surface area contributed by atoms with Gasteiger partial charge in [0.05, 0.1) is 0 Å². The molecule has 0 aromatic heterocycles. The second-order valence-electron chi connectivity index (χ2n) is 5.59. The van der Waals surface area contributed by atoms with Crippen molar-refractivity contribution in [2.24, 2.45) is 5.92 Å². The average molecular weight is 327 g/mol. The second-order valence-corrected chi connectivity index (χ2v) is 7.25. The number of hydrogen-bond acceptors (Lipinski definition) is 4. The minimum Gasteiger partial charge on any atom is -0.383 e. The Labute approximate surface area is 136 Å². The third kappa shape index (κ3) is 4.90. The molecule has 21 heavy (non-hydrogen) atoms. The molecule has 1 aromatic rings. The smallest absolute Gasteiger partial charge is 0.167 e. The maximum atomic E-state index is 12.2. The fourth-order valence-electron chi connectivity index (χ4n) is 2.36. The fourth-order valence-corrected chi connectivity index (χ4v) is 3.51. The Morgan fingerprint density at radius 3 is 2.76 bits per heavy atom. The highest BCUT2D eigenvalue weighted by molar-refractivity contribution is 7.99. The molecule has 116 valence electrons. The lowest BCUT2D eigenvalue weighted by molar-refractivity contribution is 0.0940. The van der Waals surface area contributed by atoms with Crippen molar-refractivity contribution in [3.05, 3.63) is 28.8 Å². The van der Waals surface area contributed by atoms with Crippen molar-refractivity contribution >= 4 is 34.8 Å². The molecular formula is C16H23ClN2OS. The summed E-state index contributed by atoms with van der Waals surface area (Å²) in [7, 11) is 0. The standard InChI is InChI=1S/C16H23ClN2OS/c1-12(2)16(20)14-4-3-13(17)11-15(14)18-5-6-19-7-9-21-10-8-19/h3-4,11-12,18H,5-10H2,1-2H3. The van der Waals surface area contributed by atoms with Crippen molar-refractivity contribution in [1.82, 2.24) is 4.90 Å². The molecule has 0 unspecified atom stereocenters. The first kappa shape index (κ1) is 16.7. The van der Waals surface area contributed by atoms with Crippen LogP contribution in [-0.4, -0.2) is 48.4 Å². The average Bonchev–Trinajstić information content (AvgIpc) is 2.48. The zero-order valence-corrected chi connectivity index (χ0v) is 14.3. The Balaban J connectivity index is 1.97. The Kier molecular flexibility index (Phi) is 6.40. The van der Waals surface area contributed by atoms with Crippen LogP contribution >= 0.6 is 23.4 Å². The summed E-state index contributed by atoms with van der Waals surface area (Å²) in [6, 6.07) is 5.46. The third-order valence-corrected chi connectivity index (χ3v) is 4.80. The number of Topliss-reactive ketones (excluding diaryl/α,β-unsaturated/α-hetero) is 1. The summed E-state index contributed by atoms with van der Waals surface area (Å²) in [5.74, 6) is 2.58. The van der Waals surface area contributed by atoms with E-state index >= 15 is 0 Å². The quantitative estimate of drug-likeness (QED) is 0.809. The number of halogens is 1. The van der Waals surface area contributed by atoms with Crippen molar-refractivity contribution in [2.45, 2.75) is 13.8 Å². The summed E-state index contributed by atoms with van der Waals surface area (Å²) in [4.78, 5) is 14.7. The summed E-state index contributed by atoms with van der Waals surface area (Å²) in [5, 5.41) is 4.04. The molecule has 1 aromatic carbocycles. The number of thioether (sulfide) groups is 1. The molecule has 2 rings (SSSR count). The van der Waals surface area contributed by atoms with Gasteiger partial charge in [0.15, 0.2) is 5.78 Å². The highest BCUT2D eigenvalue weighted by Gasteiger charge is 2.15. The molecule has 0 aliphatic carbocycles. The number of nitrogens with zero attached hydrogens (tertiary/aromatic N) is 1. The Morgan fingerprint density at radius 2 is 2.10 bits per heavy atom. The Bertz CT molecular complexity index is 487. The lowest BCUT2D eigenvalue weighted by Crippen LogP contribution is -2.36. The lowest BCUT2D eigenvalue weighted by Gasteiger charge is -2.26. The topological polar surface area (TPSA) is 32.3 Å². The van der Waals surface area contributed by atoms with Crippen LogP contribution in [0.15, 0.2) is 18.2 Å². The minimum absolute atomic E-state index is 0.00848. The van der Waals surface area contributed by atoms with E-state index in [1.165, 1.54) is 11.5 Å². The minimum atomic E-state index is -0.00848. The van der Waals surface area contributed by atoms with Crippen molar-refractivity contribution in [2.75, 3.05) is 43.0 Å². The van der Waals surface area contributed by atoms with Gasteiger partial charge in [-0.25, -0.2) is 0 Å². The monoisotopic (exact) mass is 326 g/mol. The second kappa shape index (κ2) is 8.06. The summed E-state index contributed by atoms with van der Waals surface area (Å²) in [6.07, 6.45) is 0. The van der Waals surface area contributed by atoms with Gasteiger partial charge in [0, 0.05) is 59.9 Å². The van der Waals surface area contributed by atoms with Gasteiger partial charge in [-0.1, -0.05) is 25.4 Å². The molecule has 1 heterocycles. The molecule has 1 fully saturated rings. The lowest BCUT2D eigenvalue weighted by atomic mass is 9.99. The van der Waals surface area contributed by atoms with Crippen LogP contribution in [-0.2, 0) is 0 Å². The first-order valence-electron chi connectivity index (χ1n) is 7.45. The van der Waals surface area contributed by atoms with Crippen molar-refractivity contribution in [3.8, 4) is 0 Å². The molecule has 1 N–H and O–H groups in total. The van der Waals surface area contributed by atoms with E-state index in [1.807, 2.05) is 37.7 Å². The van der Waals surface area contributed by atoms with Crippen LogP contribution in [0.2, 0.25) is 5.02 Å². The van der Waals surface area contributed by atoms with Gasteiger partial charge in [-0.2, -0.15) is 11.8 Å². The predicted molar refractivity (Wildman–Crippen MR) is 92.9 cm³/mol. The highest BCUT2D eigenvalue weighted by atomic mass is 35.5. The first-order valence-corrected chi connectivity index (χ1v) is 8.99. The van der Waals surface area contributed by atoms with E-state index in [0.29, 0.717) is 5.02 Å². The summed E-state index contributed by atoms with van der Waals surface area (Å²) >= 11 is 8.08. The van der Waals surface area contributed by atoms with Crippen molar-refractivity contribution in [3.63, 3.8) is 0 Å². The van der Waals surface area contributed by atoms with E-state index in [2.05, 4.69) is 10.2 Å². The van der Waals surface area contributed by atoms with Crippen LogP contribution in [0.1, 0.15) is 24.2 Å². The molecule has 0 amide bonds. The molecule has 5 heteroatoms. The molecule has 3 nitrogen and oxygen atoms in total. The van der Waals surface area contributed by atoms with Crippen LogP contribution < -0.4 is 5.32 Å². The number of carbonyl (C=O) groups excluding carboxylic acids is 1. The van der Waals surface area contributed by atoms with E-state index in [4.69, 9.17) is 11.6 Å². The summed E-state index contributed by atoms with van der Waals surface area (Å²) in [5.41, 5.74) is 1.59. The van der Waals surface area contributed by atoms with Gasteiger partial charge in [-0.05, 0) is 18.2 Å². The number of benzene rings is 1. The molecule has 0 saturated carbocycles. The predicted octanol–water partition coefficient (Wildman–Crippen LogP) is 3.64. The number of nitrogens with one attached hydrogen (secondary N) is 1. The number of carbonyl (C=O) groups is 1. The van der Waals surface area contributed by atoms with E-state index < -0.39 is 0 Å². The molecule has 0 bridgehead atoms. The number of rotatable bonds is 6. The third-order valence-electron chi connectivity index (χ3n) is 3.62. The van der Waals surface area contributed by atoms with E-state index in [9.17, 15) is 4.79 Å². The Hall–Kier alpha value is -0.710. The summed E-state index contributed by atoms with van der Waals surface area (Å²) in [6.45, 7) is 7.99. The van der Waals surface area contributed by atoms with Crippen LogP contribution in [0.25, 0.3) is 0 Å². The molecule has 1 saturated heterocycles. The molecule has 0 atom stereocenters. The molecule has 1 aliphatic rings. The van der Waals surface area contributed by atoms with Crippen LogP contribution in [0, 0.1) is 5.92 Å². The molecule has 1 aliphatic heterocycles. The highest BCUT2D eigenvalue weighted by Crippen LogP contribution is 2.23. The van der Waals surface area contributed by atoms with E-state index in [1.54, 1.807) is 6.07 Å². The fraction of sp³-hybridized carbons (Fsp3) is 0.562. The maximum absolute atomic E-state index is 12.2. The van der Waals surface area contributed by atoms with Gasteiger partial charge in [0.1, 0.15) is 0 Å². The van der Waals surface area contributed by atoms with Crippen molar-refractivity contribution in [1.29, 1.82) is 0 Å². The van der Waals surface area contributed by atoms with Gasteiger partial charge in [-0.3, -0.25) is 9.69 Å². The van der Waals surface area contributed by atoms with Gasteiger partial charge in [0.2, 0.25) is 0 Å². The summed E-state index contributed by atoms with van der Waals surface area (Å²) < 4.78 is 0.